The fraction of sp³-hybridized carbons (Fsp3) is 0.360. The third-order valence-corrected chi connectivity index (χ3v) is 5.22. The van der Waals surface area contributed by atoms with E-state index in [4.69, 9.17) is 4.99 Å². The number of nitrogens with zero attached hydrogens (tertiary/aromatic N) is 3. The summed E-state index contributed by atoms with van der Waals surface area (Å²) in [6, 6.07) is 21.3. The summed E-state index contributed by atoms with van der Waals surface area (Å²) in [6.07, 6.45) is 6.10. The summed E-state index contributed by atoms with van der Waals surface area (Å²) < 4.78 is 2.20. The molecule has 3 aromatic rings. The Morgan fingerprint density at radius 1 is 0.967 bits per heavy atom. The van der Waals surface area contributed by atoms with Crippen LogP contribution in [0.3, 0.4) is 0 Å². The second kappa shape index (κ2) is 11.8. The lowest BCUT2D eigenvalue weighted by atomic mass is 9.91. The molecule has 158 valence electrons. The second-order valence-electron chi connectivity index (χ2n) is 7.40. The van der Waals surface area contributed by atoms with Gasteiger partial charge in [-0.2, -0.15) is 0 Å². The number of benzene rings is 2. The minimum absolute atomic E-state index is 0.243. The van der Waals surface area contributed by atoms with Gasteiger partial charge in [-0.25, -0.2) is 4.98 Å². The number of rotatable bonds is 10. The molecule has 0 saturated carbocycles. The van der Waals surface area contributed by atoms with E-state index in [0.717, 1.165) is 44.3 Å². The first kappa shape index (κ1) is 21.6. The van der Waals surface area contributed by atoms with Crippen LogP contribution in [0.1, 0.15) is 42.6 Å². The molecule has 3 rings (SSSR count). The number of hydrogen-bond acceptors (Lipinski definition) is 2. The third-order valence-electron chi connectivity index (χ3n) is 5.22. The van der Waals surface area contributed by atoms with E-state index in [1.807, 2.05) is 19.3 Å². The summed E-state index contributed by atoms with van der Waals surface area (Å²) in [5, 5.41) is 6.87. The molecule has 0 atom stereocenters. The van der Waals surface area contributed by atoms with Crippen molar-refractivity contribution in [1.82, 2.24) is 20.2 Å². The normalized spacial score (nSPS) is 11.6. The number of nitrogens with one attached hydrogen (secondary N) is 2. The Morgan fingerprint density at radius 2 is 1.63 bits per heavy atom. The predicted octanol–water partition coefficient (Wildman–Crippen LogP) is 4.36. The van der Waals surface area contributed by atoms with Gasteiger partial charge < -0.3 is 15.2 Å². The predicted molar refractivity (Wildman–Crippen MR) is 125 cm³/mol. The van der Waals surface area contributed by atoms with Crippen LogP contribution in [0, 0.1) is 6.92 Å². The Hall–Kier alpha value is -3.08. The van der Waals surface area contributed by atoms with Crippen LogP contribution in [0.25, 0.3) is 0 Å². The monoisotopic (exact) mass is 403 g/mol. The Bertz CT molecular complexity index is 847. The van der Waals surface area contributed by atoms with Gasteiger partial charge in [-0.15, -0.1) is 0 Å². The minimum atomic E-state index is 0.243. The molecule has 1 aromatic heterocycles. The first-order valence-corrected chi connectivity index (χ1v) is 10.9. The lowest BCUT2D eigenvalue weighted by molar-refractivity contribution is 0.588. The Labute approximate surface area is 180 Å². The lowest BCUT2D eigenvalue weighted by Crippen LogP contribution is -2.38. The van der Waals surface area contributed by atoms with Crippen LogP contribution in [0.5, 0.6) is 0 Å². The molecule has 5 heteroatoms. The molecule has 5 nitrogen and oxygen atoms in total. The Morgan fingerprint density at radius 3 is 2.20 bits per heavy atom. The maximum Gasteiger partial charge on any atom is 0.191 e. The first-order valence-electron chi connectivity index (χ1n) is 10.9. The van der Waals surface area contributed by atoms with Crippen molar-refractivity contribution in [3.63, 3.8) is 0 Å². The van der Waals surface area contributed by atoms with Crippen molar-refractivity contribution >= 4 is 5.96 Å². The van der Waals surface area contributed by atoms with Gasteiger partial charge in [0.15, 0.2) is 5.96 Å². The fourth-order valence-corrected chi connectivity index (χ4v) is 3.55. The summed E-state index contributed by atoms with van der Waals surface area (Å²) in [5.41, 5.74) is 2.58. The molecule has 0 fully saturated rings. The van der Waals surface area contributed by atoms with Gasteiger partial charge in [-0.3, -0.25) is 4.99 Å². The maximum absolute atomic E-state index is 4.91. The van der Waals surface area contributed by atoms with Crippen LogP contribution >= 0.6 is 0 Å². The fourth-order valence-electron chi connectivity index (χ4n) is 3.55. The molecule has 0 aliphatic rings. The Kier molecular flexibility index (Phi) is 8.51. The van der Waals surface area contributed by atoms with Gasteiger partial charge in [0.2, 0.25) is 0 Å². The highest BCUT2D eigenvalue weighted by atomic mass is 15.2. The van der Waals surface area contributed by atoms with Crippen molar-refractivity contribution in [2.45, 2.75) is 39.2 Å². The quantitative estimate of drug-likeness (QED) is 0.300. The molecule has 0 unspecified atom stereocenters. The van der Waals surface area contributed by atoms with Gasteiger partial charge in [0.1, 0.15) is 5.82 Å². The van der Waals surface area contributed by atoms with E-state index in [-0.39, 0.29) is 5.92 Å². The summed E-state index contributed by atoms with van der Waals surface area (Å²) in [4.78, 5) is 9.18. The number of imidazole rings is 1. The van der Waals surface area contributed by atoms with E-state index in [0.29, 0.717) is 6.54 Å². The highest BCUT2D eigenvalue weighted by Crippen LogP contribution is 2.24. The van der Waals surface area contributed by atoms with E-state index in [1.54, 1.807) is 0 Å². The standard InChI is InChI=1S/C25H33N5/c1-3-26-25(28-16-10-11-18-30-19-17-27-21(30)2)29-20-24(22-12-6-4-7-13-22)23-14-8-5-9-15-23/h4-9,12-15,17,19,24H,3,10-11,16,18,20H2,1-2H3,(H2,26,28,29). The average Bonchev–Trinajstić information content (AvgIpc) is 3.19. The van der Waals surface area contributed by atoms with E-state index < -0.39 is 0 Å². The number of aromatic nitrogens is 2. The number of aliphatic imine (C=N–C) groups is 1. The zero-order valence-electron chi connectivity index (χ0n) is 18.1. The summed E-state index contributed by atoms with van der Waals surface area (Å²) >= 11 is 0. The molecule has 0 bridgehead atoms. The van der Waals surface area contributed by atoms with Crippen molar-refractivity contribution in [2.24, 2.45) is 4.99 Å². The van der Waals surface area contributed by atoms with Gasteiger partial charge in [0.25, 0.3) is 0 Å². The van der Waals surface area contributed by atoms with Crippen molar-refractivity contribution < 1.29 is 0 Å². The van der Waals surface area contributed by atoms with E-state index in [1.165, 1.54) is 11.1 Å². The van der Waals surface area contributed by atoms with Crippen molar-refractivity contribution in [3.05, 3.63) is 90.0 Å². The third kappa shape index (κ3) is 6.48. The first-order chi connectivity index (χ1) is 14.8. The molecular formula is C25H33N5. The number of aryl methyl sites for hydroxylation is 2. The van der Waals surface area contributed by atoms with Crippen LogP contribution in [0.15, 0.2) is 78.0 Å². The summed E-state index contributed by atoms with van der Waals surface area (Å²) in [6.45, 7) is 7.61. The Balaban J connectivity index is 1.58. The number of unbranched alkanes of at least 4 members (excludes halogenated alkanes) is 1. The SMILES string of the molecule is CCNC(=NCC(c1ccccc1)c1ccccc1)NCCCCn1ccnc1C. The molecule has 0 aliphatic carbocycles. The smallest absolute Gasteiger partial charge is 0.191 e. The molecule has 30 heavy (non-hydrogen) atoms. The van der Waals surface area contributed by atoms with Gasteiger partial charge in [0, 0.05) is 37.9 Å². The molecule has 2 N–H and O–H groups in total. The lowest BCUT2D eigenvalue weighted by Gasteiger charge is -2.18. The van der Waals surface area contributed by atoms with Crippen LogP contribution < -0.4 is 10.6 Å². The summed E-state index contributed by atoms with van der Waals surface area (Å²) in [5.74, 6) is 2.20. The van der Waals surface area contributed by atoms with Crippen molar-refractivity contribution in [3.8, 4) is 0 Å². The minimum Gasteiger partial charge on any atom is -0.357 e. The maximum atomic E-state index is 4.91. The van der Waals surface area contributed by atoms with Gasteiger partial charge in [-0.1, -0.05) is 60.7 Å². The van der Waals surface area contributed by atoms with Gasteiger partial charge in [-0.05, 0) is 37.8 Å². The molecule has 1 heterocycles. The van der Waals surface area contributed by atoms with E-state index >= 15 is 0 Å². The van der Waals surface area contributed by atoms with Crippen LogP contribution in [0.4, 0.5) is 0 Å². The van der Waals surface area contributed by atoms with Crippen molar-refractivity contribution in [1.29, 1.82) is 0 Å². The number of guanidine groups is 1. The van der Waals surface area contributed by atoms with Crippen LogP contribution in [-0.4, -0.2) is 35.1 Å². The highest BCUT2D eigenvalue weighted by molar-refractivity contribution is 5.79. The molecule has 2 aromatic carbocycles. The highest BCUT2D eigenvalue weighted by Gasteiger charge is 2.13. The zero-order valence-corrected chi connectivity index (χ0v) is 18.1. The molecule has 0 amide bonds. The largest absolute Gasteiger partial charge is 0.357 e. The summed E-state index contributed by atoms with van der Waals surface area (Å²) in [7, 11) is 0. The van der Waals surface area contributed by atoms with Crippen LogP contribution in [-0.2, 0) is 6.54 Å². The topological polar surface area (TPSA) is 54.2 Å². The van der Waals surface area contributed by atoms with Gasteiger partial charge >= 0.3 is 0 Å². The molecule has 0 saturated heterocycles. The van der Waals surface area contributed by atoms with Crippen molar-refractivity contribution in [2.75, 3.05) is 19.6 Å². The van der Waals surface area contributed by atoms with Gasteiger partial charge in [0.05, 0.1) is 6.54 Å². The zero-order chi connectivity index (χ0) is 21.0. The molecule has 0 spiro atoms. The molecule has 0 radical (unpaired) electrons. The molecule has 0 aliphatic heterocycles. The second-order valence-corrected chi connectivity index (χ2v) is 7.40. The average molecular weight is 404 g/mol. The number of hydrogen-bond donors (Lipinski definition) is 2. The van der Waals surface area contributed by atoms with Crippen LogP contribution in [0.2, 0.25) is 0 Å². The van der Waals surface area contributed by atoms with E-state index in [2.05, 4.69) is 87.8 Å². The molecular weight excluding hydrogens is 370 g/mol. The van der Waals surface area contributed by atoms with E-state index in [9.17, 15) is 0 Å².